The molecule has 34 heavy (non-hydrogen) atoms. The zero-order chi connectivity index (χ0) is 24.5. The van der Waals surface area contributed by atoms with Crippen LogP contribution < -0.4 is 4.74 Å². The Labute approximate surface area is 202 Å². The van der Waals surface area contributed by atoms with Crippen molar-refractivity contribution in [1.82, 2.24) is 9.80 Å². The molecule has 0 aromatic heterocycles. The Kier molecular flexibility index (Phi) is 7.44. The van der Waals surface area contributed by atoms with Gasteiger partial charge in [-0.2, -0.15) is 0 Å². The summed E-state index contributed by atoms with van der Waals surface area (Å²) >= 11 is 0. The van der Waals surface area contributed by atoms with Gasteiger partial charge < -0.3 is 19.5 Å². The molecule has 8 nitrogen and oxygen atoms in total. The number of amides is 3. The van der Waals surface area contributed by atoms with Crippen LogP contribution in [0.1, 0.15) is 54.4 Å². The normalized spacial score (nSPS) is 25.6. The third-order valence-corrected chi connectivity index (χ3v) is 8.64. The fourth-order valence-corrected chi connectivity index (χ4v) is 5.57. The zero-order valence-electron chi connectivity index (χ0n) is 20.4. The summed E-state index contributed by atoms with van der Waals surface area (Å²) in [7, 11) is -1.27. The molecular weight excluding hydrogens is 452 g/mol. The van der Waals surface area contributed by atoms with Crippen molar-refractivity contribution in [2.24, 2.45) is 0 Å². The molecule has 1 saturated carbocycles. The molecule has 2 fully saturated rings. The maximum Gasteiger partial charge on any atom is 0.255 e. The molecule has 1 aliphatic carbocycles. The van der Waals surface area contributed by atoms with Crippen LogP contribution in [0, 0.1) is 0 Å². The van der Waals surface area contributed by atoms with Crippen LogP contribution in [0.2, 0.25) is 25.7 Å². The minimum atomic E-state index is -1.27. The molecule has 1 saturated heterocycles. The van der Waals surface area contributed by atoms with Gasteiger partial charge in [0.05, 0.1) is 6.10 Å². The molecule has 2 heterocycles. The van der Waals surface area contributed by atoms with E-state index in [4.69, 9.17) is 9.47 Å². The third kappa shape index (κ3) is 5.53. The Balaban J connectivity index is 1.40. The number of likely N-dealkylation sites (tertiary alicyclic amines) is 1. The van der Waals surface area contributed by atoms with Gasteiger partial charge in [0.25, 0.3) is 11.8 Å². The molecule has 3 aliphatic rings. The SMILES string of the molecule is C[Si](C)(C)CCOCN1C(=O)CCC(N2Cc3cc(O[C@H]4CCCC[C@@H]4O)ccc3C2=O)C1=O. The highest BCUT2D eigenvalue weighted by atomic mass is 28.3. The van der Waals surface area contributed by atoms with E-state index < -0.39 is 20.2 Å². The number of hydrogen-bond donors (Lipinski definition) is 1. The van der Waals surface area contributed by atoms with Gasteiger partial charge in [-0.25, -0.2) is 0 Å². The van der Waals surface area contributed by atoms with Gasteiger partial charge in [0.2, 0.25) is 5.91 Å². The molecule has 186 valence electrons. The van der Waals surface area contributed by atoms with E-state index in [2.05, 4.69) is 19.6 Å². The predicted octanol–water partition coefficient (Wildman–Crippen LogP) is 3.15. The van der Waals surface area contributed by atoms with Gasteiger partial charge in [-0.15, -0.1) is 0 Å². The summed E-state index contributed by atoms with van der Waals surface area (Å²) in [4.78, 5) is 41.4. The number of fused-ring (bicyclic) bond motifs is 1. The molecule has 0 radical (unpaired) electrons. The summed E-state index contributed by atoms with van der Waals surface area (Å²) in [6.07, 6.45) is 3.40. The predicted molar refractivity (Wildman–Crippen MR) is 129 cm³/mol. The molecule has 1 aromatic rings. The number of hydrogen-bond acceptors (Lipinski definition) is 6. The number of piperidine rings is 1. The first-order valence-electron chi connectivity index (χ1n) is 12.3. The molecule has 0 bridgehead atoms. The molecule has 1 aromatic carbocycles. The largest absolute Gasteiger partial charge is 0.488 e. The quantitative estimate of drug-likeness (QED) is 0.343. The summed E-state index contributed by atoms with van der Waals surface area (Å²) in [5, 5.41) is 10.2. The molecular formula is C25H36N2O6Si. The maximum atomic E-state index is 13.2. The van der Waals surface area contributed by atoms with E-state index in [-0.39, 0.29) is 37.0 Å². The molecule has 1 unspecified atom stereocenters. The van der Waals surface area contributed by atoms with Crippen LogP contribution in [-0.2, 0) is 20.9 Å². The van der Waals surface area contributed by atoms with Gasteiger partial charge >= 0.3 is 0 Å². The number of ether oxygens (including phenoxy) is 2. The molecule has 3 amide bonds. The van der Waals surface area contributed by atoms with Crippen molar-refractivity contribution in [1.29, 1.82) is 0 Å². The third-order valence-electron chi connectivity index (χ3n) is 6.94. The highest BCUT2D eigenvalue weighted by Crippen LogP contribution is 2.32. The van der Waals surface area contributed by atoms with Crippen molar-refractivity contribution in [2.45, 2.75) is 89.0 Å². The molecule has 2 aliphatic heterocycles. The molecule has 1 N–H and O–H groups in total. The number of carbonyl (C=O) groups excluding carboxylic acids is 3. The van der Waals surface area contributed by atoms with E-state index in [1.165, 1.54) is 0 Å². The topological polar surface area (TPSA) is 96.4 Å². The molecule has 3 atom stereocenters. The number of imide groups is 1. The fraction of sp³-hybridized carbons (Fsp3) is 0.640. The van der Waals surface area contributed by atoms with Crippen molar-refractivity contribution in [3.05, 3.63) is 29.3 Å². The van der Waals surface area contributed by atoms with E-state index >= 15 is 0 Å². The summed E-state index contributed by atoms with van der Waals surface area (Å²) in [6, 6.07) is 5.60. The van der Waals surface area contributed by atoms with Crippen LogP contribution in [0.4, 0.5) is 0 Å². The van der Waals surface area contributed by atoms with E-state index in [0.717, 1.165) is 42.2 Å². The van der Waals surface area contributed by atoms with Crippen LogP contribution >= 0.6 is 0 Å². The standard InChI is InChI=1S/C25H36N2O6Si/c1-34(2,3)13-12-32-16-27-23(29)11-10-20(25(27)31)26-15-17-14-18(8-9-19(17)24(26)30)33-22-7-5-4-6-21(22)28/h8-9,14,20-22,28H,4-7,10-13,15-16H2,1-3H3/t20?,21-,22-/m0/s1. The Morgan fingerprint density at radius 3 is 2.59 bits per heavy atom. The smallest absolute Gasteiger partial charge is 0.255 e. The van der Waals surface area contributed by atoms with Gasteiger partial charge in [0.1, 0.15) is 24.6 Å². The second kappa shape index (κ2) is 10.2. The first kappa shape index (κ1) is 24.9. The highest BCUT2D eigenvalue weighted by Gasteiger charge is 2.43. The summed E-state index contributed by atoms with van der Waals surface area (Å²) < 4.78 is 11.7. The zero-order valence-corrected chi connectivity index (χ0v) is 21.4. The van der Waals surface area contributed by atoms with Gasteiger partial charge in [-0.3, -0.25) is 19.3 Å². The van der Waals surface area contributed by atoms with Gasteiger partial charge in [0.15, 0.2) is 0 Å². The lowest BCUT2D eigenvalue weighted by atomic mass is 9.95. The number of aliphatic hydroxyl groups excluding tert-OH is 1. The monoisotopic (exact) mass is 488 g/mol. The van der Waals surface area contributed by atoms with Crippen LogP contribution in [0.5, 0.6) is 5.75 Å². The lowest BCUT2D eigenvalue weighted by molar-refractivity contribution is -0.158. The minimum Gasteiger partial charge on any atom is -0.488 e. The molecule has 4 rings (SSSR count). The minimum absolute atomic E-state index is 0.0602. The van der Waals surface area contributed by atoms with Crippen LogP contribution in [0.15, 0.2) is 18.2 Å². The summed E-state index contributed by atoms with van der Waals surface area (Å²) in [5.74, 6) is -0.194. The number of carbonyl (C=O) groups is 3. The second-order valence-electron chi connectivity index (χ2n) is 10.8. The van der Waals surface area contributed by atoms with E-state index in [9.17, 15) is 19.5 Å². The van der Waals surface area contributed by atoms with Crippen LogP contribution in [0.3, 0.4) is 0 Å². The van der Waals surface area contributed by atoms with E-state index in [1.807, 2.05) is 6.07 Å². The number of nitrogens with zero attached hydrogens (tertiary/aromatic N) is 2. The van der Waals surface area contributed by atoms with Crippen molar-refractivity contribution in [3.63, 3.8) is 0 Å². The lowest BCUT2D eigenvalue weighted by Gasteiger charge is -2.35. The maximum absolute atomic E-state index is 13.2. The number of rotatable bonds is 8. The number of aliphatic hydroxyl groups is 1. The van der Waals surface area contributed by atoms with Gasteiger partial charge in [0, 0.05) is 33.2 Å². The Morgan fingerprint density at radius 2 is 1.85 bits per heavy atom. The highest BCUT2D eigenvalue weighted by molar-refractivity contribution is 6.76. The van der Waals surface area contributed by atoms with E-state index in [0.29, 0.717) is 30.9 Å². The Morgan fingerprint density at radius 1 is 1.09 bits per heavy atom. The molecule has 9 heteroatoms. The Bertz CT molecular complexity index is 946. The van der Waals surface area contributed by atoms with Gasteiger partial charge in [-0.1, -0.05) is 26.1 Å². The summed E-state index contributed by atoms with van der Waals surface area (Å²) in [5.41, 5.74) is 1.36. The van der Waals surface area contributed by atoms with Crippen LogP contribution in [-0.4, -0.2) is 72.3 Å². The Hall–Kier alpha value is -2.23. The lowest BCUT2D eigenvalue weighted by Crippen LogP contribution is -2.55. The summed E-state index contributed by atoms with van der Waals surface area (Å²) in [6.45, 7) is 7.49. The second-order valence-corrected chi connectivity index (χ2v) is 16.4. The number of benzene rings is 1. The molecule has 0 spiro atoms. The van der Waals surface area contributed by atoms with E-state index in [1.54, 1.807) is 17.0 Å². The average molecular weight is 489 g/mol. The van der Waals surface area contributed by atoms with Crippen molar-refractivity contribution >= 4 is 25.8 Å². The average Bonchev–Trinajstić information content (AvgIpc) is 3.09. The van der Waals surface area contributed by atoms with Crippen molar-refractivity contribution in [2.75, 3.05) is 13.3 Å². The van der Waals surface area contributed by atoms with Gasteiger partial charge in [-0.05, 0) is 55.5 Å². The van der Waals surface area contributed by atoms with Crippen molar-refractivity contribution < 1.29 is 29.0 Å². The van der Waals surface area contributed by atoms with Crippen molar-refractivity contribution in [3.8, 4) is 5.75 Å². The fourth-order valence-electron chi connectivity index (χ4n) is 4.81. The first-order valence-corrected chi connectivity index (χ1v) is 16.1. The first-order chi connectivity index (χ1) is 16.1. The van der Waals surface area contributed by atoms with Crippen LogP contribution in [0.25, 0.3) is 0 Å².